The molecule has 0 N–H and O–H groups in total. The molecule has 0 aliphatic carbocycles. The maximum absolute atomic E-state index is 14.1. The van der Waals surface area contributed by atoms with Crippen LogP contribution >= 0.6 is 0 Å². The van der Waals surface area contributed by atoms with Crippen LogP contribution in [0.25, 0.3) is 0 Å². The largest absolute Gasteiger partial charge is 0.298 e. The lowest BCUT2D eigenvalue weighted by Crippen LogP contribution is -2.57. The Morgan fingerprint density at radius 3 is 2.47 bits per heavy atom. The summed E-state index contributed by atoms with van der Waals surface area (Å²) in [6.45, 7) is 7.37. The maximum atomic E-state index is 14.1. The molecule has 4 heteroatoms. The third kappa shape index (κ3) is 2.79. The monoisotopic (exact) mass is 246 g/mol. The molecular weight excluding hydrogens is 222 g/mol. The van der Waals surface area contributed by atoms with Gasteiger partial charge in [-0.2, -0.15) is 0 Å². The molecule has 2 saturated heterocycles. The molecule has 0 bridgehead atoms. The summed E-state index contributed by atoms with van der Waals surface area (Å²) >= 11 is 0. The van der Waals surface area contributed by atoms with Gasteiger partial charge in [-0.1, -0.05) is 20.3 Å². The number of rotatable bonds is 3. The third-order valence-electron chi connectivity index (χ3n) is 4.42. The zero-order valence-corrected chi connectivity index (χ0v) is 11.0. The summed E-state index contributed by atoms with van der Waals surface area (Å²) in [5.41, 5.74) is 0. The van der Waals surface area contributed by atoms with E-state index in [4.69, 9.17) is 0 Å². The van der Waals surface area contributed by atoms with Gasteiger partial charge in [-0.25, -0.2) is 8.78 Å². The summed E-state index contributed by atoms with van der Waals surface area (Å²) < 4.78 is 28.2. The van der Waals surface area contributed by atoms with Gasteiger partial charge >= 0.3 is 0 Å². The van der Waals surface area contributed by atoms with E-state index in [1.807, 2.05) is 16.7 Å². The molecule has 0 aromatic heterocycles. The third-order valence-corrected chi connectivity index (χ3v) is 4.42. The Kier molecular flexibility index (Phi) is 4.03. The lowest BCUT2D eigenvalue weighted by Gasteiger charge is -2.42. The highest BCUT2D eigenvalue weighted by molar-refractivity contribution is 4.95. The van der Waals surface area contributed by atoms with Crippen molar-refractivity contribution >= 4 is 0 Å². The van der Waals surface area contributed by atoms with Crippen molar-refractivity contribution in [1.82, 2.24) is 9.80 Å². The maximum Gasteiger partial charge on any atom is 0.275 e. The van der Waals surface area contributed by atoms with Crippen molar-refractivity contribution < 1.29 is 8.78 Å². The Labute approximate surface area is 103 Å². The molecule has 0 radical (unpaired) electrons. The summed E-state index contributed by atoms with van der Waals surface area (Å²) in [7, 11) is 0. The molecule has 0 aromatic rings. The number of likely N-dealkylation sites (tertiary alicyclic amines) is 2. The fraction of sp³-hybridized carbons (Fsp3) is 1.00. The van der Waals surface area contributed by atoms with E-state index < -0.39 is 12.0 Å². The van der Waals surface area contributed by atoms with E-state index in [0.717, 1.165) is 39.0 Å². The molecule has 2 unspecified atom stereocenters. The fourth-order valence-corrected chi connectivity index (χ4v) is 3.20. The summed E-state index contributed by atoms with van der Waals surface area (Å²) in [5, 5.41) is 0. The van der Waals surface area contributed by atoms with Crippen LogP contribution in [-0.4, -0.2) is 54.5 Å². The quantitative estimate of drug-likeness (QED) is 0.754. The molecule has 2 fully saturated rings. The minimum atomic E-state index is -2.53. The van der Waals surface area contributed by atoms with Gasteiger partial charge in [0.1, 0.15) is 0 Å². The predicted molar refractivity (Wildman–Crippen MR) is 65.4 cm³/mol. The molecule has 0 saturated carbocycles. The number of piperidine rings is 1. The number of nitrogens with zero attached hydrogens (tertiary/aromatic N) is 2. The zero-order valence-electron chi connectivity index (χ0n) is 11.0. The molecule has 2 atom stereocenters. The Balaban J connectivity index is 1.97. The topological polar surface area (TPSA) is 6.48 Å². The van der Waals surface area contributed by atoms with Gasteiger partial charge in [0.25, 0.3) is 5.92 Å². The van der Waals surface area contributed by atoms with Crippen LogP contribution < -0.4 is 0 Å². The summed E-state index contributed by atoms with van der Waals surface area (Å²) in [6, 6.07) is -0.512. The van der Waals surface area contributed by atoms with E-state index in [2.05, 4.69) is 6.92 Å². The minimum absolute atomic E-state index is 0.0541. The normalized spacial score (nSPS) is 35.3. The molecule has 2 nitrogen and oxygen atoms in total. The molecule has 2 rings (SSSR count). The average Bonchev–Trinajstić information content (AvgIpc) is 2.75. The van der Waals surface area contributed by atoms with Crippen LogP contribution in [0.2, 0.25) is 0 Å². The average molecular weight is 246 g/mol. The molecule has 2 aliphatic rings. The molecule has 0 amide bonds. The number of hydrogen-bond donors (Lipinski definition) is 0. The van der Waals surface area contributed by atoms with E-state index in [0.29, 0.717) is 12.3 Å². The van der Waals surface area contributed by atoms with E-state index in [9.17, 15) is 8.78 Å². The molecule has 2 heterocycles. The smallest absolute Gasteiger partial charge is 0.275 e. The van der Waals surface area contributed by atoms with Crippen LogP contribution in [0.1, 0.15) is 33.1 Å². The van der Waals surface area contributed by atoms with Gasteiger partial charge in [-0.05, 0) is 31.8 Å². The first-order valence-corrected chi connectivity index (χ1v) is 6.91. The SMILES string of the molecule is CCC1CCN(C2CCN(CC)CC2(F)F)C1. The second kappa shape index (κ2) is 5.19. The Morgan fingerprint density at radius 2 is 1.94 bits per heavy atom. The molecule has 0 spiro atoms. The van der Waals surface area contributed by atoms with Crippen LogP contribution in [0.15, 0.2) is 0 Å². The van der Waals surface area contributed by atoms with Gasteiger partial charge in [0.05, 0.1) is 12.6 Å². The number of halogens is 2. The standard InChI is InChI=1S/C13H24F2N2/c1-3-11-5-8-17(9-11)12-6-7-16(4-2)10-13(12,14)15/h11-12H,3-10H2,1-2H3. The van der Waals surface area contributed by atoms with Gasteiger partial charge in [0, 0.05) is 13.1 Å². The Bertz CT molecular complexity index is 258. The van der Waals surface area contributed by atoms with E-state index in [1.165, 1.54) is 0 Å². The van der Waals surface area contributed by atoms with Gasteiger partial charge in [-0.15, -0.1) is 0 Å². The first kappa shape index (κ1) is 13.2. The highest BCUT2D eigenvalue weighted by Gasteiger charge is 2.48. The van der Waals surface area contributed by atoms with Crippen LogP contribution in [0.5, 0.6) is 0 Å². The van der Waals surface area contributed by atoms with E-state index in [-0.39, 0.29) is 6.54 Å². The van der Waals surface area contributed by atoms with Crippen LogP contribution in [-0.2, 0) is 0 Å². The molecule has 100 valence electrons. The van der Waals surface area contributed by atoms with Crippen molar-refractivity contribution in [3.05, 3.63) is 0 Å². The van der Waals surface area contributed by atoms with Crippen molar-refractivity contribution in [2.45, 2.75) is 45.1 Å². The second-order valence-electron chi connectivity index (χ2n) is 5.49. The van der Waals surface area contributed by atoms with E-state index in [1.54, 1.807) is 0 Å². The Morgan fingerprint density at radius 1 is 1.18 bits per heavy atom. The van der Waals surface area contributed by atoms with Gasteiger partial charge in [0.2, 0.25) is 0 Å². The van der Waals surface area contributed by atoms with Crippen molar-refractivity contribution in [1.29, 1.82) is 0 Å². The fourth-order valence-electron chi connectivity index (χ4n) is 3.20. The van der Waals surface area contributed by atoms with E-state index >= 15 is 0 Å². The highest BCUT2D eigenvalue weighted by Crippen LogP contribution is 2.34. The molecule has 2 aliphatic heterocycles. The number of hydrogen-bond acceptors (Lipinski definition) is 2. The van der Waals surface area contributed by atoms with Crippen molar-refractivity contribution in [2.24, 2.45) is 5.92 Å². The summed E-state index contributed by atoms with van der Waals surface area (Å²) in [6.07, 6.45) is 2.84. The summed E-state index contributed by atoms with van der Waals surface area (Å²) in [4.78, 5) is 3.91. The summed E-state index contributed by atoms with van der Waals surface area (Å²) in [5.74, 6) is -1.90. The van der Waals surface area contributed by atoms with Crippen molar-refractivity contribution in [3.8, 4) is 0 Å². The zero-order chi connectivity index (χ0) is 12.5. The lowest BCUT2D eigenvalue weighted by atomic mass is 9.99. The van der Waals surface area contributed by atoms with Crippen LogP contribution in [0.4, 0.5) is 8.78 Å². The van der Waals surface area contributed by atoms with Gasteiger partial charge in [-0.3, -0.25) is 9.80 Å². The Hall–Kier alpha value is -0.220. The molecule has 0 aromatic carbocycles. The van der Waals surface area contributed by atoms with Crippen molar-refractivity contribution in [2.75, 3.05) is 32.7 Å². The first-order chi connectivity index (χ1) is 8.06. The predicted octanol–water partition coefficient (Wildman–Crippen LogP) is 2.45. The molecular formula is C13H24F2N2. The second-order valence-corrected chi connectivity index (χ2v) is 5.49. The van der Waals surface area contributed by atoms with Crippen LogP contribution in [0.3, 0.4) is 0 Å². The number of alkyl halides is 2. The minimum Gasteiger partial charge on any atom is -0.298 e. The van der Waals surface area contributed by atoms with Gasteiger partial charge < -0.3 is 0 Å². The van der Waals surface area contributed by atoms with Gasteiger partial charge in [0.15, 0.2) is 0 Å². The highest BCUT2D eigenvalue weighted by atomic mass is 19.3. The van der Waals surface area contributed by atoms with Crippen LogP contribution in [0, 0.1) is 5.92 Å². The molecule has 17 heavy (non-hydrogen) atoms. The lowest BCUT2D eigenvalue weighted by molar-refractivity contribution is -0.122. The van der Waals surface area contributed by atoms with Crippen molar-refractivity contribution in [3.63, 3.8) is 0 Å². The first-order valence-electron chi connectivity index (χ1n) is 6.91.